The first-order chi connectivity index (χ1) is 25.8. The third-order valence-corrected chi connectivity index (χ3v) is 10.5. The predicted octanol–water partition coefficient (Wildman–Crippen LogP) is 8.84. The maximum Gasteiger partial charge on any atom is 0.415 e. The minimum atomic E-state index is -1.36. The number of anilines is 4. The number of nitrogens with one attached hydrogen (secondary N) is 3. The number of hydrogen-bond donors (Lipinski definition) is 3. The number of rotatable bonds is 12. The van der Waals surface area contributed by atoms with Gasteiger partial charge in [0.1, 0.15) is 18.2 Å². The molecule has 0 spiro atoms. The third-order valence-electron chi connectivity index (χ3n) is 8.83. The Bertz CT molecular complexity index is 1820. The Morgan fingerprint density at radius 2 is 1.49 bits per heavy atom. The SMILES string of the molecule is CCC(=O)N1c2ccccc2[C@H](N(C(=O)OCc2ccc(NC(=O)[C@H](C)NC(=O)OC(C)(C)C)cc2)c2ccc(NC(=O)OCC[Si](C)(C)C)cc2)C[C@@H]1C. The molecule has 1 aliphatic heterocycles. The fourth-order valence-electron chi connectivity index (χ4n) is 6.00. The molecule has 0 aromatic heterocycles. The molecule has 0 fully saturated rings. The predicted molar refractivity (Wildman–Crippen MR) is 217 cm³/mol. The first-order valence-corrected chi connectivity index (χ1v) is 22.4. The summed E-state index contributed by atoms with van der Waals surface area (Å²) in [6.07, 6.45) is -1.05. The van der Waals surface area contributed by atoms with Crippen LogP contribution in [0.4, 0.5) is 37.1 Å². The van der Waals surface area contributed by atoms with E-state index in [1.807, 2.05) is 38.1 Å². The summed E-state index contributed by atoms with van der Waals surface area (Å²) in [7, 11) is -1.36. The molecular weight excluding hydrogens is 719 g/mol. The lowest BCUT2D eigenvalue weighted by Crippen LogP contribution is -2.47. The number of carbonyl (C=O) groups excluding carboxylic acids is 5. The molecule has 55 heavy (non-hydrogen) atoms. The van der Waals surface area contributed by atoms with Crippen LogP contribution in [-0.2, 0) is 30.4 Å². The van der Waals surface area contributed by atoms with E-state index in [4.69, 9.17) is 14.2 Å². The molecule has 14 heteroatoms. The van der Waals surface area contributed by atoms with E-state index < -0.39 is 49.9 Å². The summed E-state index contributed by atoms with van der Waals surface area (Å²) in [4.78, 5) is 67.9. The third kappa shape index (κ3) is 12.3. The van der Waals surface area contributed by atoms with Crippen LogP contribution in [-0.4, -0.2) is 62.5 Å². The molecule has 0 saturated heterocycles. The Kier molecular flexibility index (Phi) is 14.1. The summed E-state index contributed by atoms with van der Waals surface area (Å²) in [5.74, 6) is -0.435. The highest BCUT2D eigenvalue weighted by molar-refractivity contribution is 6.76. The van der Waals surface area contributed by atoms with Crippen molar-refractivity contribution in [3.05, 3.63) is 83.9 Å². The van der Waals surface area contributed by atoms with Gasteiger partial charge in [0, 0.05) is 43.3 Å². The maximum absolute atomic E-state index is 14.2. The van der Waals surface area contributed by atoms with Crippen LogP contribution in [0, 0.1) is 0 Å². The Morgan fingerprint density at radius 3 is 2.11 bits per heavy atom. The Balaban J connectivity index is 1.51. The van der Waals surface area contributed by atoms with Gasteiger partial charge in [-0.25, -0.2) is 14.4 Å². The molecule has 0 bridgehead atoms. The van der Waals surface area contributed by atoms with Crippen LogP contribution in [0.25, 0.3) is 0 Å². The van der Waals surface area contributed by atoms with Gasteiger partial charge in [-0.2, -0.15) is 0 Å². The lowest BCUT2D eigenvalue weighted by Gasteiger charge is -2.43. The number of hydrogen-bond acceptors (Lipinski definition) is 8. The summed E-state index contributed by atoms with van der Waals surface area (Å²) in [5, 5.41) is 8.04. The van der Waals surface area contributed by atoms with Gasteiger partial charge < -0.3 is 29.7 Å². The van der Waals surface area contributed by atoms with Crippen molar-refractivity contribution in [2.75, 3.05) is 27.0 Å². The zero-order valence-corrected chi connectivity index (χ0v) is 34.4. The van der Waals surface area contributed by atoms with E-state index in [0.29, 0.717) is 42.1 Å². The molecule has 5 amide bonds. The highest BCUT2D eigenvalue weighted by Crippen LogP contribution is 2.43. The second-order valence-corrected chi connectivity index (χ2v) is 21.5. The van der Waals surface area contributed by atoms with Crippen molar-refractivity contribution in [3.8, 4) is 0 Å². The van der Waals surface area contributed by atoms with E-state index in [0.717, 1.165) is 17.3 Å². The van der Waals surface area contributed by atoms with Gasteiger partial charge in [-0.05, 0) is 101 Å². The molecule has 0 radical (unpaired) electrons. The quantitative estimate of drug-likeness (QED) is 0.122. The number of benzene rings is 3. The minimum absolute atomic E-state index is 0.00641. The topological polar surface area (TPSA) is 156 Å². The second kappa shape index (κ2) is 18.3. The average molecular weight is 774 g/mol. The smallest absolute Gasteiger partial charge is 0.415 e. The number of fused-ring (bicyclic) bond motifs is 1. The van der Waals surface area contributed by atoms with Crippen LogP contribution in [0.1, 0.15) is 71.6 Å². The molecule has 3 aromatic rings. The van der Waals surface area contributed by atoms with Gasteiger partial charge in [0.25, 0.3) is 0 Å². The summed E-state index contributed by atoms with van der Waals surface area (Å²) < 4.78 is 16.5. The van der Waals surface area contributed by atoms with Crippen LogP contribution in [0.2, 0.25) is 25.7 Å². The van der Waals surface area contributed by atoms with E-state index in [9.17, 15) is 24.0 Å². The largest absolute Gasteiger partial charge is 0.450 e. The van der Waals surface area contributed by atoms with Crippen molar-refractivity contribution in [2.24, 2.45) is 0 Å². The van der Waals surface area contributed by atoms with Gasteiger partial charge in [-0.3, -0.25) is 19.8 Å². The van der Waals surface area contributed by atoms with E-state index in [2.05, 4.69) is 35.6 Å². The normalized spacial score (nSPS) is 15.8. The molecule has 0 unspecified atom stereocenters. The molecule has 3 aromatic carbocycles. The van der Waals surface area contributed by atoms with Crippen molar-refractivity contribution in [1.82, 2.24) is 5.32 Å². The van der Waals surface area contributed by atoms with Gasteiger partial charge in [-0.15, -0.1) is 0 Å². The standard InChI is InChI=1S/C41H55N5O8Si/c1-10-36(47)45-27(2)25-35(33-13-11-12-14-34(33)45)46(32-21-19-31(20-22-32)44-38(49)52-23-24-55(7,8)9)40(51)53-26-29-15-17-30(18-16-29)43-37(48)28(3)42-39(50)54-41(4,5)6/h11-22,27-28,35H,10,23-26H2,1-9H3,(H,42,50)(H,43,48)(H,44,49)/t27-,28-,35+/m0/s1. The van der Waals surface area contributed by atoms with Crippen molar-refractivity contribution in [1.29, 1.82) is 0 Å². The number of nitrogens with zero attached hydrogens (tertiary/aromatic N) is 2. The zero-order valence-electron chi connectivity index (χ0n) is 33.4. The van der Waals surface area contributed by atoms with Crippen LogP contribution < -0.4 is 25.8 Å². The van der Waals surface area contributed by atoms with Gasteiger partial charge in [-0.1, -0.05) is 56.9 Å². The number of alkyl carbamates (subject to hydrolysis) is 1. The number of ether oxygens (including phenoxy) is 3. The van der Waals surface area contributed by atoms with Crippen molar-refractivity contribution in [3.63, 3.8) is 0 Å². The van der Waals surface area contributed by atoms with E-state index >= 15 is 0 Å². The summed E-state index contributed by atoms with van der Waals surface area (Å²) in [6, 6.07) is 20.6. The van der Waals surface area contributed by atoms with Crippen molar-refractivity contribution in [2.45, 2.75) is 110 Å². The van der Waals surface area contributed by atoms with Gasteiger partial charge in [0.15, 0.2) is 0 Å². The molecule has 4 rings (SSSR count). The lowest BCUT2D eigenvalue weighted by molar-refractivity contribution is -0.119. The second-order valence-electron chi connectivity index (χ2n) is 15.9. The van der Waals surface area contributed by atoms with Gasteiger partial charge in [0.05, 0.1) is 12.6 Å². The first kappa shape index (κ1) is 42.4. The van der Waals surface area contributed by atoms with Crippen molar-refractivity contribution >= 4 is 60.9 Å². The van der Waals surface area contributed by atoms with E-state index in [1.54, 1.807) is 86.0 Å². The van der Waals surface area contributed by atoms with Crippen LogP contribution >= 0.6 is 0 Å². The fraction of sp³-hybridized carbons (Fsp3) is 0.439. The molecular formula is C41H55N5O8Si. The zero-order chi connectivity index (χ0) is 40.5. The van der Waals surface area contributed by atoms with Crippen LogP contribution in [0.3, 0.4) is 0 Å². The number of carbonyl (C=O) groups is 5. The number of amides is 5. The summed E-state index contributed by atoms with van der Waals surface area (Å²) >= 11 is 0. The van der Waals surface area contributed by atoms with Gasteiger partial charge >= 0.3 is 18.3 Å². The monoisotopic (exact) mass is 773 g/mol. The number of para-hydroxylation sites is 1. The Morgan fingerprint density at radius 1 is 0.873 bits per heavy atom. The molecule has 1 heterocycles. The molecule has 0 saturated carbocycles. The van der Waals surface area contributed by atoms with Crippen LogP contribution in [0.15, 0.2) is 72.8 Å². The Hall–Kier alpha value is -5.37. The summed E-state index contributed by atoms with van der Waals surface area (Å²) in [6.45, 7) is 17.5. The van der Waals surface area contributed by atoms with Crippen molar-refractivity contribution < 1.29 is 38.2 Å². The maximum atomic E-state index is 14.2. The lowest BCUT2D eigenvalue weighted by atomic mass is 9.90. The summed E-state index contributed by atoms with van der Waals surface area (Å²) in [5.41, 5.74) is 3.07. The Labute approximate surface area is 325 Å². The highest BCUT2D eigenvalue weighted by Gasteiger charge is 2.39. The molecule has 0 aliphatic carbocycles. The first-order valence-electron chi connectivity index (χ1n) is 18.7. The molecule has 3 N–H and O–H groups in total. The fourth-order valence-corrected chi connectivity index (χ4v) is 6.71. The van der Waals surface area contributed by atoms with E-state index in [-0.39, 0.29) is 18.6 Å². The van der Waals surface area contributed by atoms with Crippen LogP contribution in [0.5, 0.6) is 0 Å². The van der Waals surface area contributed by atoms with Gasteiger partial charge in [0.2, 0.25) is 11.8 Å². The molecule has 1 aliphatic rings. The average Bonchev–Trinajstić information content (AvgIpc) is 3.10. The molecule has 13 nitrogen and oxygen atoms in total. The van der Waals surface area contributed by atoms with E-state index in [1.165, 1.54) is 0 Å². The highest BCUT2D eigenvalue weighted by atomic mass is 28.3. The molecule has 296 valence electrons. The molecule has 3 atom stereocenters. The minimum Gasteiger partial charge on any atom is -0.450 e.